The molecule has 1 saturated carbocycles. The number of β-amino-alcohol motifs (C(OH)–C–C–N with tert-alkyl or cyclic N) is 1. The highest BCUT2D eigenvalue weighted by Crippen LogP contribution is 2.43. The van der Waals surface area contributed by atoms with E-state index in [0.29, 0.717) is 35.8 Å². The van der Waals surface area contributed by atoms with E-state index in [1.54, 1.807) is 18.2 Å². The normalized spacial score (nSPS) is 24.4. The average molecular weight is 447 g/mol. The number of nitrogens with zero attached hydrogens (tertiary/aromatic N) is 1. The van der Waals surface area contributed by atoms with E-state index in [-0.39, 0.29) is 30.3 Å². The predicted octanol–water partition coefficient (Wildman–Crippen LogP) is 3.16. The summed E-state index contributed by atoms with van der Waals surface area (Å²) >= 11 is 0. The van der Waals surface area contributed by atoms with Gasteiger partial charge in [-0.1, -0.05) is 20.8 Å². The van der Waals surface area contributed by atoms with Crippen LogP contribution in [0.4, 0.5) is 4.79 Å². The molecule has 1 aromatic carbocycles. The number of amides is 3. The van der Waals surface area contributed by atoms with Crippen molar-refractivity contribution in [1.29, 1.82) is 0 Å². The Kier molecular flexibility index (Phi) is 6.83. The van der Waals surface area contributed by atoms with Crippen molar-refractivity contribution < 1.29 is 29.0 Å². The number of ether oxygens (including phenoxy) is 2. The number of benzene rings is 1. The summed E-state index contributed by atoms with van der Waals surface area (Å²) in [5.41, 5.74) is -0.199. The van der Waals surface area contributed by atoms with Crippen LogP contribution in [-0.2, 0) is 4.79 Å². The molecule has 0 aromatic heterocycles. The second kappa shape index (κ2) is 9.10. The number of methoxy groups -OCH3 is 1. The zero-order valence-corrected chi connectivity index (χ0v) is 19.6. The molecule has 1 spiro atoms. The first-order valence-corrected chi connectivity index (χ1v) is 11.1. The van der Waals surface area contributed by atoms with Gasteiger partial charge in [0.15, 0.2) is 17.3 Å². The van der Waals surface area contributed by atoms with Crippen LogP contribution in [0.15, 0.2) is 18.2 Å². The van der Waals surface area contributed by atoms with E-state index in [2.05, 4.69) is 26.1 Å². The third-order valence-electron chi connectivity index (χ3n) is 6.70. The lowest BCUT2D eigenvalue weighted by Gasteiger charge is -2.40. The van der Waals surface area contributed by atoms with E-state index < -0.39 is 17.7 Å². The number of carbonyl (C=O) groups is 3. The molecule has 0 unspecified atom stereocenters. The van der Waals surface area contributed by atoms with Gasteiger partial charge in [0.05, 0.1) is 13.7 Å². The van der Waals surface area contributed by atoms with Crippen LogP contribution in [0.25, 0.3) is 0 Å². The van der Waals surface area contributed by atoms with E-state index >= 15 is 0 Å². The maximum absolute atomic E-state index is 13.1. The van der Waals surface area contributed by atoms with E-state index in [1.165, 1.54) is 14.0 Å². The van der Waals surface area contributed by atoms with Gasteiger partial charge in [-0.25, -0.2) is 4.79 Å². The molecule has 1 aliphatic carbocycles. The maximum Gasteiger partial charge on any atom is 0.325 e. The number of Topliss-reactive ketones (excluding diaryl/α,β-unsaturated/α-hetero) is 1. The van der Waals surface area contributed by atoms with Gasteiger partial charge in [-0.3, -0.25) is 14.5 Å². The molecule has 1 aliphatic heterocycles. The van der Waals surface area contributed by atoms with Gasteiger partial charge in [0.1, 0.15) is 18.2 Å². The summed E-state index contributed by atoms with van der Waals surface area (Å²) in [5.74, 6) is 0.881. The Morgan fingerprint density at radius 1 is 1.25 bits per heavy atom. The highest BCUT2D eigenvalue weighted by molar-refractivity contribution is 6.07. The zero-order valence-electron chi connectivity index (χ0n) is 19.6. The monoisotopic (exact) mass is 446 g/mol. The van der Waals surface area contributed by atoms with Crippen LogP contribution >= 0.6 is 0 Å². The first-order valence-electron chi connectivity index (χ1n) is 11.1. The molecule has 8 heteroatoms. The Morgan fingerprint density at radius 3 is 2.47 bits per heavy atom. The van der Waals surface area contributed by atoms with Crippen molar-refractivity contribution in [3.05, 3.63) is 23.8 Å². The van der Waals surface area contributed by atoms with Gasteiger partial charge in [-0.2, -0.15) is 0 Å². The number of nitrogens with one attached hydrogen (secondary N) is 1. The van der Waals surface area contributed by atoms with Crippen molar-refractivity contribution in [2.24, 2.45) is 11.3 Å². The van der Waals surface area contributed by atoms with E-state index in [4.69, 9.17) is 9.47 Å². The minimum Gasteiger partial charge on any atom is -0.493 e. The van der Waals surface area contributed by atoms with Crippen LogP contribution in [0, 0.1) is 11.3 Å². The van der Waals surface area contributed by atoms with Gasteiger partial charge in [-0.05, 0) is 62.1 Å². The molecule has 1 saturated heterocycles. The summed E-state index contributed by atoms with van der Waals surface area (Å²) in [6.07, 6.45) is 1.92. The van der Waals surface area contributed by atoms with Crippen molar-refractivity contribution in [2.75, 3.05) is 20.3 Å². The fourth-order valence-electron chi connectivity index (χ4n) is 4.61. The van der Waals surface area contributed by atoms with Gasteiger partial charge in [-0.15, -0.1) is 0 Å². The highest BCUT2D eigenvalue weighted by atomic mass is 16.5. The van der Waals surface area contributed by atoms with Gasteiger partial charge in [0, 0.05) is 5.56 Å². The Bertz CT molecular complexity index is 883. The number of ketones is 1. The van der Waals surface area contributed by atoms with E-state index in [1.807, 2.05) is 0 Å². The lowest BCUT2D eigenvalue weighted by molar-refractivity contribution is -0.134. The summed E-state index contributed by atoms with van der Waals surface area (Å²) in [7, 11) is 1.46. The van der Waals surface area contributed by atoms with Gasteiger partial charge in [0.25, 0.3) is 5.91 Å². The number of hydrogen-bond donors (Lipinski definition) is 2. The van der Waals surface area contributed by atoms with Gasteiger partial charge >= 0.3 is 6.03 Å². The number of imide groups is 1. The Morgan fingerprint density at radius 2 is 1.91 bits per heavy atom. The molecule has 1 heterocycles. The lowest BCUT2D eigenvalue weighted by atomic mass is 9.67. The van der Waals surface area contributed by atoms with Crippen molar-refractivity contribution in [1.82, 2.24) is 10.2 Å². The minimum atomic E-state index is -1.07. The number of urea groups is 1. The molecule has 3 amide bonds. The smallest absolute Gasteiger partial charge is 0.325 e. The van der Waals surface area contributed by atoms with Crippen molar-refractivity contribution >= 4 is 17.7 Å². The Balaban J connectivity index is 1.59. The number of hydrogen-bond acceptors (Lipinski definition) is 6. The zero-order chi connectivity index (χ0) is 23.7. The average Bonchev–Trinajstić information content (AvgIpc) is 2.95. The third kappa shape index (κ3) is 4.90. The highest BCUT2D eigenvalue weighted by Gasteiger charge is 2.53. The molecule has 1 aromatic rings. The lowest BCUT2D eigenvalue weighted by Crippen LogP contribution is -2.51. The van der Waals surface area contributed by atoms with Crippen LogP contribution in [0.3, 0.4) is 0 Å². The second-order valence-electron chi connectivity index (χ2n) is 9.95. The van der Waals surface area contributed by atoms with E-state index in [0.717, 1.165) is 17.7 Å². The molecule has 32 heavy (non-hydrogen) atoms. The summed E-state index contributed by atoms with van der Waals surface area (Å²) in [5, 5.41) is 13.3. The molecule has 0 bridgehead atoms. The SMILES string of the molecule is COc1cc(C(C)=O)ccc1OC[C@H](O)CN1C(=O)NC2(CCC(C(C)(C)C)CC2)C1=O. The Labute approximate surface area is 189 Å². The standard InChI is InChI=1S/C24H34N2O6/c1-15(27)16-6-7-19(20(12-16)31-5)32-14-18(28)13-26-21(29)24(25-22(26)30)10-8-17(9-11-24)23(2,3)4/h6-7,12,17-18,28H,8-11,13-14H2,1-5H3,(H,25,30)/t17?,18-,24?/m1/s1. The number of carbonyl (C=O) groups excluding carboxylic acids is 3. The molecule has 8 nitrogen and oxygen atoms in total. The van der Waals surface area contributed by atoms with Crippen LogP contribution in [0.5, 0.6) is 11.5 Å². The summed E-state index contributed by atoms with van der Waals surface area (Å²) in [6.45, 7) is 7.79. The largest absolute Gasteiger partial charge is 0.493 e. The fourth-order valence-corrected chi connectivity index (χ4v) is 4.61. The Hall–Kier alpha value is -2.61. The first-order chi connectivity index (χ1) is 15.0. The van der Waals surface area contributed by atoms with Crippen molar-refractivity contribution in [3.8, 4) is 11.5 Å². The van der Waals surface area contributed by atoms with Crippen molar-refractivity contribution in [3.63, 3.8) is 0 Å². The van der Waals surface area contributed by atoms with Crippen LogP contribution in [-0.4, -0.2) is 59.6 Å². The molecule has 2 N–H and O–H groups in total. The topological polar surface area (TPSA) is 105 Å². The summed E-state index contributed by atoms with van der Waals surface area (Å²) in [4.78, 5) is 38.3. The minimum absolute atomic E-state index is 0.0982. The third-order valence-corrected chi connectivity index (χ3v) is 6.70. The number of aliphatic hydroxyl groups excluding tert-OH is 1. The van der Waals surface area contributed by atoms with E-state index in [9.17, 15) is 19.5 Å². The molecule has 2 fully saturated rings. The van der Waals surface area contributed by atoms with Crippen LogP contribution < -0.4 is 14.8 Å². The number of rotatable bonds is 7. The molecule has 3 rings (SSSR count). The fraction of sp³-hybridized carbons (Fsp3) is 0.625. The van der Waals surface area contributed by atoms with Crippen LogP contribution in [0.2, 0.25) is 0 Å². The van der Waals surface area contributed by atoms with Crippen LogP contribution in [0.1, 0.15) is 63.7 Å². The molecule has 2 aliphatic rings. The molecule has 176 valence electrons. The second-order valence-corrected chi connectivity index (χ2v) is 9.95. The quantitative estimate of drug-likeness (QED) is 0.492. The molecular weight excluding hydrogens is 412 g/mol. The molecular formula is C24H34N2O6. The first kappa shape index (κ1) is 24.0. The number of aliphatic hydroxyl groups is 1. The summed E-state index contributed by atoms with van der Waals surface area (Å²) in [6, 6.07) is 4.31. The summed E-state index contributed by atoms with van der Waals surface area (Å²) < 4.78 is 10.9. The maximum atomic E-state index is 13.1. The predicted molar refractivity (Wildman–Crippen MR) is 119 cm³/mol. The van der Waals surface area contributed by atoms with Crippen molar-refractivity contribution in [2.45, 2.75) is 65.0 Å². The molecule has 0 radical (unpaired) electrons. The molecule has 1 atom stereocenters. The van der Waals surface area contributed by atoms with Gasteiger partial charge < -0.3 is 19.9 Å². The van der Waals surface area contributed by atoms with Gasteiger partial charge in [0.2, 0.25) is 0 Å².